The Labute approximate surface area is 63.8 Å². The number of rotatable bonds is 5. The summed E-state index contributed by atoms with van der Waals surface area (Å²) in [6.45, 7) is 5.74. The van der Waals surface area contributed by atoms with E-state index in [1.54, 1.807) is 0 Å². The van der Waals surface area contributed by atoms with E-state index in [0.717, 1.165) is 32.5 Å². The van der Waals surface area contributed by atoms with Crippen LogP contribution in [0.4, 0.5) is 0 Å². The third kappa shape index (κ3) is 7.52. The van der Waals surface area contributed by atoms with E-state index in [0.29, 0.717) is 0 Å². The maximum atomic E-state index is 5.26. The Bertz CT molecular complexity index is 108. The van der Waals surface area contributed by atoms with Crippen LogP contribution in [0.3, 0.4) is 0 Å². The van der Waals surface area contributed by atoms with Crippen molar-refractivity contribution >= 4 is 0 Å². The molecule has 0 aromatic rings. The van der Waals surface area contributed by atoms with E-state index < -0.39 is 0 Å². The van der Waals surface area contributed by atoms with Crippen LogP contribution in [0.2, 0.25) is 0 Å². The SMILES string of the molecule is CC#CCCCOCCC. The molecule has 58 valence electrons. The van der Waals surface area contributed by atoms with Gasteiger partial charge in [0.1, 0.15) is 0 Å². The highest BCUT2D eigenvalue weighted by Gasteiger charge is 1.83. The summed E-state index contributed by atoms with van der Waals surface area (Å²) in [5, 5.41) is 0. The van der Waals surface area contributed by atoms with Crippen molar-refractivity contribution in [2.24, 2.45) is 0 Å². The van der Waals surface area contributed by atoms with Gasteiger partial charge in [-0.15, -0.1) is 11.8 Å². The van der Waals surface area contributed by atoms with Crippen molar-refractivity contribution < 1.29 is 4.74 Å². The van der Waals surface area contributed by atoms with E-state index in [2.05, 4.69) is 18.8 Å². The molecule has 0 N–H and O–H groups in total. The third-order valence-corrected chi connectivity index (χ3v) is 1.12. The summed E-state index contributed by atoms with van der Waals surface area (Å²) in [4.78, 5) is 0. The van der Waals surface area contributed by atoms with Crippen LogP contribution in [0, 0.1) is 11.8 Å². The summed E-state index contributed by atoms with van der Waals surface area (Å²) < 4.78 is 5.26. The van der Waals surface area contributed by atoms with Gasteiger partial charge in [-0.25, -0.2) is 0 Å². The van der Waals surface area contributed by atoms with Gasteiger partial charge in [0.15, 0.2) is 0 Å². The minimum absolute atomic E-state index is 0.864. The maximum Gasteiger partial charge on any atom is 0.0475 e. The average Bonchev–Trinajstić information content (AvgIpc) is 1.97. The summed E-state index contributed by atoms with van der Waals surface area (Å²) in [6.07, 6.45) is 3.15. The van der Waals surface area contributed by atoms with Gasteiger partial charge >= 0.3 is 0 Å². The van der Waals surface area contributed by atoms with Crippen molar-refractivity contribution in [3.05, 3.63) is 0 Å². The van der Waals surface area contributed by atoms with Crippen molar-refractivity contribution in [2.75, 3.05) is 13.2 Å². The first-order valence-electron chi connectivity index (χ1n) is 3.89. The molecule has 0 aliphatic rings. The van der Waals surface area contributed by atoms with E-state index in [1.165, 1.54) is 0 Å². The monoisotopic (exact) mass is 140 g/mol. The molecule has 1 heteroatoms. The van der Waals surface area contributed by atoms with Gasteiger partial charge in [-0.1, -0.05) is 6.92 Å². The lowest BCUT2D eigenvalue weighted by atomic mass is 10.3. The molecule has 1 nitrogen and oxygen atoms in total. The Morgan fingerprint density at radius 1 is 1.30 bits per heavy atom. The van der Waals surface area contributed by atoms with Crippen molar-refractivity contribution in [3.63, 3.8) is 0 Å². The van der Waals surface area contributed by atoms with Gasteiger partial charge in [-0.2, -0.15) is 0 Å². The number of hydrogen-bond acceptors (Lipinski definition) is 1. The molecule has 0 amide bonds. The zero-order valence-corrected chi connectivity index (χ0v) is 6.94. The second-order valence-corrected chi connectivity index (χ2v) is 2.14. The molecule has 0 spiro atoms. The first-order chi connectivity index (χ1) is 4.91. The molecule has 0 rings (SSSR count). The number of hydrogen-bond donors (Lipinski definition) is 0. The summed E-state index contributed by atoms with van der Waals surface area (Å²) >= 11 is 0. The zero-order valence-electron chi connectivity index (χ0n) is 6.94. The molecule has 0 saturated carbocycles. The predicted molar refractivity (Wildman–Crippen MR) is 43.8 cm³/mol. The molecular weight excluding hydrogens is 124 g/mol. The van der Waals surface area contributed by atoms with Crippen molar-refractivity contribution in [1.29, 1.82) is 0 Å². The van der Waals surface area contributed by atoms with Crippen LogP contribution < -0.4 is 0 Å². The van der Waals surface area contributed by atoms with Crippen LogP contribution in [0.25, 0.3) is 0 Å². The summed E-state index contributed by atoms with van der Waals surface area (Å²) in [6, 6.07) is 0. The fourth-order valence-corrected chi connectivity index (χ4v) is 0.634. The number of ether oxygens (including phenoxy) is 1. The molecule has 0 aromatic carbocycles. The second kappa shape index (κ2) is 8.52. The van der Waals surface area contributed by atoms with Crippen LogP contribution >= 0.6 is 0 Å². The fourth-order valence-electron chi connectivity index (χ4n) is 0.634. The summed E-state index contributed by atoms with van der Waals surface area (Å²) in [5.41, 5.74) is 0. The Morgan fingerprint density at radius 2 is 2.10 bits per heavy atom. The first-order valence-corrected chi connectivity index (χ1v) is 3.89. The Kier molecular flexibility index (Phi) is 8.11. The van der Waals surface area contributed by atoms with E-state index in [4.69, 9.17) is 4.74 Å². The lowest BCUT2D eigenvalue weighted by molar-refractivity contribution is 0.133. The van der Waals surface area contributed by atoms with E-state index in [1.807, 2.05) is 6.92 Å². The van der Waals surface area contributed by atoms with Gasteiger partial charge in [0.25, 0.3) is 0 Å². The largest absolute Gasteiger partial charge is 0.381 e. The van der Waals surface area contributed by atoms with Crippen LogP contribution in [0.5, 0.6) is 0 Å². The average molecular weight is 140 g/mol. The van der Waals surface area contributed by atoms with Crippen molar-refractivity contribution in [3.8, 4) is 11.8 Å². The van der Waals surface area contributed by atoms with Gasteiger partial charge in [0, 0.05) is 19.6 Å². The normalized spacial score (nSPS) is 8.60. The fraction of sp³-hybridized carbons (Fsp3) is 0.778. The van der Waals surface area contributed by atoms with Gasteiger partial charge < -0.3 is 4.74 Å². The van der Waals surface area contributed by atoms with E-state index >= 15 is 0 Å². The molecule has 0 heterocycles. The molecule has 0 aliphatic heterocycles. The van der Waals surface area contributed by atoms with E-state index in [9.17, 15) is 0 Å². The molecule has 0 aromatic heterocycles. The maximum absolute atomic E-state index is 5.26. The molecule has 0 aliphatic carbocycles. The van der Waals surface area contributed by atoms with Crippen LogP contribution in [0.15, 0.2) is 0 Å². The van der Waals surface area contributed by atoms with Gasteiger partial charge in [-0.3, -0.25) is 0 Å². The second-order valence-electron chi connectivity index (χ2n) is 2.14. The van der Waals surface area contributed by atoms with Crippen LogP contribution in [-0.4, -0.2) is 13.2 Å². The predicted octanol–water partition coefficient (Wildman–Crippen LogP) is 2.22. The molecule has 0 bridgehead atoms. The highest BCUT2D eigenvalue weighted by atomic mass is 16.5. The number of unbranched alkanes of at least 4 members (excludes halogenated alkanes) is 1. The standard InChI is InChI=1S/C9H16O/c1-3-5-6-7-9-10-8-4-2/h4,6-9H2,1-2H3. The van der Waals surface area contributed by atoms with Gasteiger partial charge in [0.05, 0.1) is 0 Å². The molecule has 0 atom stereocenters. The highest BCUT2D eigenvalue weighted by molar-refractivity contribution is 4.94. The zero-order chi connectivity index (χ0) is 7.66. The van der Waals surface area contributed by atoms with Crippen molar-refractivity contribution in [1.82, 2.24) is 0 Å². The van der Waals surface area contributed by atoms with Crippen LogP contribution in [-0.2, 0) is 4.74 Å². The Hall–Kier alpha value is -0.480. The Balaban J connectivity index is 2.82. The van der Waals surface area contributed by atoms with Crippen LogP contribution in [0.1, 0.15) is 33.1 Å². The Morgan fingerprint density at radius 3 is 2.70 bits per heavy atom. The van der Waals surface area contributed by atoms with Crippen molar-refractivity contribution in [2.45, 2.75) is 33.1 Å². The van der Waals surface area contributed by atoms with E-state index in [-0.39, 0.29) is 0 Å². The lowest BCUT2D eigenvalue weighted by Crippen LogP contribution is -1.94. The van der Waals surface area contributed by atoms with Gasteiger partial charge in [-0.05, 0) is 19.8 Å². The molecule has 0 unspecified atom stereocenters. The third-order valence-electron chi connectivity index (χ3n) is 1.12. The lowest BCUT2D eigenvalue weighted by Gasteiger charge is -1.97. The molecule has 0 saturated heterocycles. The first kappa shape index (κ1) is 9.52. The quantitative estimate of drug-likeness (QED) is 0.420. The summed E-state index contributed by atoms with van der Waals surface area (Å²) in [7, 11) is 0. The molecular formula is C9H16O. The molecule has 0 fully saturated rings. The minimum atomic E-state index is 0.864. The van der Waals surface area contributed by atoms with Gasteiger partial charge in [0.2, 0.25) is 0 Å². The smallest absolute Gasteiger partial charge is 0.0475 e. The summed E-state index contributed by atoms with van der Waals surface area (Å²) in [5.74, 6) is 5.85. The molecule has 0 radical (unpaired) electrons. The topological polar surface area (TPSA) is 9.23 Å². The minimum Gasteiger partial charge on any atom is -0.381 e. The molecule has 10 heavy (non-hydrogen) atoms. The highest BCUT2D eigenvalue weighted by Crippen LogP contribution is 1.88.